The maximum Gasteiger partial charge on any atom is 0.248 e. The molecule has 1 rings (SSSR count). The van der Waals surface area contributed by atoms with Gasteiger partial charge in [0.2, 0.25) is 5.91 Å². The van der Waals surface area contributed by atoms with Crippen LogP contribution >= 0.6 is 0 Å². The fourth-order valence-corrected chi connectivity index (χ4v) is 1.06. The minimum absolute atomic E-state index is 0.140. The van der Waals surface area contributed by atoms with Crippen LogP contribution in [-0.2, 0) is 4.79 Å². The van der Waals surface area contributed by atoms with Crippen LogP contribution in [0.2, 0.25) is 0 Å². The van der Waals surface area contributed by atoms with Crippen molar-refractivity contribution in [3.8, 4) is 0 Å². The Balaban J connectivity index is 2.59. The van der Waals surface area contributed by atoms with Crippen LogP contribution in [0.5, 0.6) is 0 Å². The van der Waals surface area contributed by atoms with E-state index in [0.717, 1.165) is 11.4 Å². The average molecular weight is 202 g/mol. The highest BCUT2D eigenvalue weighted by Gasteiger charge is 1.96. The Kier molecular flexibility index (Phi) is 4.29. The number of pyridine rings is 1. The molecule has 0 aliphatic carbocycles. The van der Waals surface area contributed by atoms with Gasteiger partial charge in [-0.25, -0.2) is 0 Å². The van der Waals surface area contributed by atoms with Crippen molar-refractivity contribution < 1.29 is 4.79 Å². The molecule has 15 heavy (non-hydrogen) atoms. The largest absolute Gasteiger partial charge is 0.322 e. The van der Waals surface area contributed by atoms with Crippen molar-refractivity contribution in [2.45, 2.75) is 13.8 Å². The Morgan fingerprint density at radius 3 is 2.93 bits per heavy atom. The molecule has 0 aromatic carbocycles. The number of aromatic nitrogens is 1. The summed E-state index contributed by atoms with van der Waals surface area (Å²) >= 11 is 0. The van der Waals surface area contributed by atoms with Crippen molar-refractivity contribution in [3.63, 3.8) is 0 Å². The summed E-state index contributed by atoms with van der Waals surface area (Å²) in [6.45, 7) is 3.78. The molecule has 0 unspecified atom stereocenters. The number of hydrogen-bond acceptors (Lipinski definition) is 2. The van der Waals surface area contributed by atoms with Crippen molar-refractivity contribution in [2.24, 2.45) is 0 Å². The first kappa shape index (κ1) is 11.2. The second-order valence-electron chi connectivity index (χ2n) is 3.06. The molecule has 0 atom stereocenters. The molecule has 0 aliphatic heterocycles. The Morgan fingerprint density at radius 1 is 1.47 bits per heavy atom. The first-order chi connectivity index (χ1) is 7.22. The van der Waals surface area contributed by atoms with E-state index in [1.54, 1.807) is 24.4 Å². The van der Waals surface area contributed by atoms with E-state index in [4.69, 9.17) is 0 Å². The lowest BCUT2D eigenvalue weighted by molar-refractivity contribution is -0.111. The zero-order chi connectivity index (χ0) is 11.1. The molecule has 3 heteroatoms. The number of anilines is 1. The number of allylic oxidation sites excluding steroid dienone is 3. The summed E-state index contributed by atoms with van der Waals surface area (Å²) in [5.74, 6) is -0.140. The molecule has 0 saturated heterocycles. The van der Waals surface area contributed by atoms with Crippen LogP contribution < -0.4 is 5.32 Å². The van der Waals surface area contributed by atoms with E-state index in [1.807, 2.05) is 26.0 Å². The lowest BCUT2D eigenvalue weighted by Gasteiger charge is -2.01. The van der Waals surface area contributed by atoms with E-state index in [0.29, 0.717) is 0 Å². The van der Waals surface area contributed by atoms with Gasteiger partial charge in [-0.3, -0.25) is 9.78 Å². The first-order valence-electron chi connectivity index (χ1n) is 4.75. The minimum Gasteiger partial charge on any atom is -0.322 e. The van der Waals surface area contributed by atoms with Gasteiger partial charge in [0.05, 0.1) is 0 Å². The smallest absolute Gasteiger partial charge is 0.248 e. The average Bonchev–Trinajstić information content (AvgIpc) is 2.18. The number of carbonyl (C=O) groups excluding carboxylic acids is 1. The van der Waals surface area contributed by atoms with Crippen molar-refractivity contribution in [1.82, 2.24) is 4.98 Å². The summed E-state index contributed by atoms with van der Waals surface area (Å²) in [6, 6.07) is 3.58. The van der Waals surface area contributed by atoms with Gasteiger partial charge in [-0.1, -0.05) is 18.2 Å². The van der Waals surface area contributed by atoms with Crippen LogP contribution in [0.4, 0.5) is 5.69 Å². The lowest BCUT2D eigenvalue weighted by Crippen LogP contribution is -2.07. The molecule has 1 aromatic rings. The van der Waals surface area contributed by atoms with Gasteiger partial charge in [0, 0.05) is 23.7 Å². The summed E-state index contributed by atoms with van der Waals surface area (Å²) in [4.78, 5) is 15.4. The number of rotatable bonds is 3. The molecule has 1 amide bonds. The van der Waals surface area contributed by atoms with Gasteiger partial charge in [-0.15, -0.1) is 0 Å². The molecule has 0 saturated carbocycles. The van der Waals surface area contributed by atoms with Crippen molar-refractivity contribution in [2.75, 3.05) is 5.32 Å². The molecular weight excluding hydrogens is 188 g/mol. The molecule has 0 spiro atoms. The highest BCUT2D eigenvalue weighted by atomic mass is 16.1. The quantitative estimate of drug-likeness (QED) is 0.604. The molecule has 0 fully saturated rings. The predicted molar refractivity (Wildman–Crippen MR) is 61.6 cm³/mol. The standard InChI is InChI=1S/C12H14N2O/c1-3-4-5-6-12(15)14-11-7-8-13-10(2)9-11/h3-9H,1-2H3,(H,13,14,15)/b4-3+,6-5+. The molecule has 1 aromatic heterocycles. The number of carbonyl (C=O) groups is 1. The van der Waals surface area contributed by atoms with E-state index in [-0.39, 0.29) is 5.91 Å². The van der Waals surface area contributed by atoms with E-state index in [9.17, 15) is 4.79 Å². The summed E-state index contributed by atoms with van der Waals surface area (Å²) < 4.78 is 0. The third kappa shape index (κ3) is 4.22. The van der Waals surface area contributed by atoms with Gasteiger partial charge >= 0.3 is 0 Å². The molecular formula is C12H14N2O. The van der Waals surface area contributed by atoms with Crippen LogP contribution in [-0.4, -0.2) is 10.9 Å². The van der Waals surface area contributed by atoms with Crippen molar-refractivity contribution >= 4 is 11.6 Å². The van der Waals surface area contributed by atoms with Gasteiger partial charge < -0.3 is 5.32 Å². The monoisotopic (exact) mass is 202 g/mol. The van der Waals surface area contributed by atoms with Gasteiger partial charge in [0.15, 0.2) is 0 Å². The maximum absolute atomic E-state index is 11.3. The van der Waals surface area contributed by atoms with Crippen LogP contribution in [0.3, 0.4) is 0 Å². The molecule has 78 valence electrons. The van der Waals surface area contributed by atoms with Crippen LogP contribution in [0, 0.1) is 6.92 Å². The number of nitrogens with one attached hydrogen (secondary N) is 1. The Hall–Kier alpha value is -1.90. The summed E-state index contributed by atoms with van der Waals surface area (Å²) in [7, 11) is 0. The van der Waals surface area contributed by atoms with Crippen LogP contribution in [0.1, 0.15) is 12.6 Å². The van der Waals surface area contributed by atoms with E-state index < -0.39 is 0 Å². The Morgan fingerprint density at radius 2 is 2.27 bits per heavy atom. The summed E-state index contributed by atoms with van der Waals surface area (Å²) in [5.41, 5.74) is 1.64. The molecule has 3 nitrogen and oxygen atoms in total. The number of nitrogens with zero attached hydrogens (tertiary/aromatic N) is 1. The number of hydrogen-bond donors (Lipinski definition) is 1. The topological polar surface area (TPSA) is 42.0 Å². The first-order valence-corrected chi connectivity index (χ1v) is 4.75. The Bertz CT molecular complexity index is 394. The van der Waals surface area contributed by atoms with E-state index in [2.05, 4.69) is 10.3 Å². The zero-order valence-corrected chi connectivity index (χ0v) is 8.90. The zero-order valence-electron chi connectivity index (χ0n) is 8.90. The van der Waals surface area contributed by atoms with E-state index >= 15 is 0 Å². The lowest BCUT2D eigenvalue weighted by atomic mass is 10.3. The Labute approximate surface area is 89.5 Å². The second-order valence-corrected chi connectivity index (χ2v) is 3.06. The van der Waals surface area contributed by atoms with Gasteiger partial charge in [-0.2, -0.15) is 0 Å². The van der Waals surface area contributed by atoms with Gasteiger partial charge in [0.25, 0.3) is 0 Å². The van der Waals surface area contributed by atoms with Crippen molar-refractivity contribution in [3.05, 3.63) is 48.3 Å². The third-order valence-electron chi connectivity index (χ3n) is 1.72. The molecule has 0 radical (unpaired) electrons. The normalized spacial score (nSPS) is 11.1. The molecule has 1 N–H and O–H groups in total. The fourth-order valence-electron chi connectivity index (χ4n) is 1.06. The highest BCUT2D eigenvalue weighted by Crippen LogP contribution is 2.06. The van der Waals surface area contributed by atoms with Gasteiger partial charge in [0.1, 0.15) is 0 Å². The molecule has 0 aliphatic rings. The third-order valence-corrected chi connectivity index (χ3v) is 1.72. The van der Waals surface area contributed by atoms with Crippen LogP contribution in [0.25, 0.3) is 0 Å². The molecule has 0 bridgehead atoms. The van der Waals surface area contributed by atoms with Crippen LogP contribution in [0.15, 0.2) is 42.6 Å². The molecule has 1 heterocycles. The second kappa shape index (κ2) is 5.75. The van der Waals surface area contributed by atoms with E-state index in [1.165, 1.54) is 6.08 Å². The SMILES string of the molecule is C/C=C/C=C/C(=O)Nc1ccnc(C)c1. The van der Waals surface area contributed by atoms with Gasteiger partial charge in [-0.05, 0) is 26.0 Å². The number of amides is 1. The predicted octanol–water partition coefficient (Wildman–Crippen LogP) is 2.46. The maximum atomic E-state index is 11.3. The highest BCUT2D eigenvalue weighted by molar-refractivity contribution is 5.99. The number of aryl methyl sites for hydroxylation is 1. The minimum atomic E-state index is -0.140. The summed E-state index contributed by atoms with van der Waals surface area (Å²) in [6.07, 6.45) is 8.51. The fraction of sp³-hybridized carbons (Fsp3) is 0.167. The summed E-state index contributed by atoms with van der Waals surface area (Å²) in [5, 5.41) is 2.74. The van der Waals surface area contributed by atoms with Crippen molar-refractivity contribution in [1.29, 1.82) is 0 Å².